The molecule has 0 amide bonds. The van der Waals surface area contributed by atoms with Crippen molar-refractivity contribution in [1.82, 2.24) is 4.98 Å². The van der Waals surface area contributed by atoms with E-state index in [1.807, 2.05) is 12.1 Å². The number of hydrogen-bond donors (Lipinski definition) is 1. The van der Waals surface area contributed by atoms with Crippen LogP contribution in [0.3, 0.4) is 0 Å². The molecule has 0 unspecified atom stereocenters. The molecule has 0 bridgehead atoms. The number of rotatable bonds is 3. The molecule has 0 aliphatic heterocycles. The topological polar surface area (TPSA) is 46.0 Å². The molecule has 0 saturated carbocycles. The number of nitrogens with one attached hydrogen (secondary N) is 1. The lowest BCUT2D eigenvalue weighted by molar-refractivity contribution is 0.515. The number of H-pyrrole nitrogens is 1. The van der Waals surface area contributed by atoms with Crippen LogP contribution in [0.1, 0.15) is 20.8 Å². The van der Waals surface area contributed by atoms with Crippen molar-refractivity contribution in [2.45, 2.75) is 20.3 Å². The van der Waals surface area contributed by atoms with Crippen molar-refractivity contribution in [3.05, 3.63) is 46.6 Å². The molecule has 2 aromatic rings. The van der Waals surface area contributed by atoms with Crippen LogP contribution in [0, 0.1) is 5.92 Å². The van der Waals surface area contributed by atoms with E-state index in [2.05, 4.69) is 31.0 Å². The Hall–Kier alpha value is -1.77. The van der Waals surface area contributed by atoms with Crippen LogP contribution < -0.4 is 5.76 Å². The molecule has 1 aromatic carbocycles. The van der Waals surface area contributed by atoms with E-state index in [1.165, 1.54) is 11.8 Å². The Balaban J connectivity index is 0.00000144. The second-order valence-corrected chi connectivity index (χ2v) is 4.36. The monoisotopic (exact) mass is 219 g/mol. The lowest BCUT2D eigenvalue weighted by atomic mass is 10.0. The fourth-order valence-corrected chi connectivity index (χ4v) is 1.71. The summed E-state index contributed by atoms with van der Waals surface area (Å²) in [5, 5.41) is 0. The summed E-state index contributed by atoms with van der Waals surface area (Å²) >= 11 is 0. The highest BCUT2D eigenvalue weighted by molar-refractivity contribution is 5.57. The van der Waals surface area contributed by atoms with Gasteiger partial charge in [-0.25, -0.2) is 4.79 Å². The maximum absolute atomic E-state index is 10.9. The van der Waals surface area contributed by atoms with Crippen LogP contribution in [0.5, 0.6) is 0 Å². The largest absolute Gasteiger partial charge is 0.416 e. The first-order valence-electron chi connectivity index (χ1n) is 5.42. The summed E-state index contributed by atoms with van der Waals surface area (Å²) in [4.78, 5) is 13.5. The van der Waals surface area contributed by atoms with E-state index in [-0.39, 0.29) is 1.43 Å². The number of aromatic amines is 1. The number of aromatic nitrogens is 1. The third-order valence-corrected chi connectivity index (χ3v) is 2.43. The SMILES string of the molecule is CC(C)Cc1ccc(-c2coc(=O)[nH]2)cc1.[HH]. The molecule has 1 N–H and O–H groups in total. The minimum atomic E-state index is -0.416. The van der Waals surface area contributed by atoms with Crippen LogP contribution in [0.15, 0.2) is 39.7 Å². The maximum Gasteiger partial charge on any atom is 0.416 e. The van der Waals surface area contributed by atoms with Gasteiger partial charge in [0.1, 0.15) is 6.26 Å². The standard InChI is InChI=1S/C13H15NO2.H2/c1-9(2)7-10-3-5-11(6-4-10)12-8-16-13(15)14-12;/h3-6,8-9H,7H2,1-2H3,(H,14,15);1H. The summed E-state index contributed by atoms with van der Waals surface area (Å²) in [6, 6.07) is 8.16. The number of benzene rings is 1. The Labute approximate surface area is 95.6 Å². The van der Waals surface area contributed by atoms with Crippen molar-refractivity contribution in [2.75, 3.05) is 0 Å². The van der Waals surface area contributed by atoms with E-state index < -0.39 is 5.76 Å². The van der Waals surface area contributed by atoms with Crippen LogP contribution in [-0.4, -0.2) is 4.98 Å². The first-order chi connectivity index (χ1) is 7.65. The van der Waals surface area contributed by atoms with Crippen molar-refractivity contribution in [1.29, 1.82) is 0 Å². The van der Waals surface area contributed by atoms with Gasteiger partial charge in [0.15, 0.2) is 0 Å². The molecule has 86 valence electrons. The summed E-state index contributed by atoms with van der Waals surface area (Å²) in [5.74, 6) is 0.237. The summed E-state index contributed by atoms with van der Waals surface area (Å²) in [7, 11) is 0. The normalized spacial score (nSPS) is 10.9. The lowest BCUT2D eigenvalue weighted by Crippen LogP contribution is -1.95. The minimum Gasteiger partial charge on any atom is -0.416 e. The second-order valence-electron chi connectivity index (χ2n) is 4.36. The molecule has 0 radical (unpaired) electrons. The highest BCUT2D eigenvalue weighted by Gasteiger charge is 2.02. The minimum absolute atomic E-state index is 0. The second kappa shape index (κ2) is 4.39. The predicted octanol–water partition coefficient (Wildman–Crippen LogP) is 3.08. The fraction of sp³-hybridized carbons (Fsp3) is 0.308. The van der Waals surface area contributed by atoms with Gasteiger partial charge in [-0.15, -0.1) is 0 Å². The molecule has 2 rings (SSSR count). The van der Waals surface area contributed by atoms with Crippen LogP contribution in [0.25, 0.3) is 11.3 Å². The lowest BCUT2D eigenvalue weighted by Gasteiger charge is -2.05. The van der Waals surface area contributed by atoms with Crippen molar-refractivity contribution >= 4 is 0 Å². The smallest absolute Gasteiger partial charge is 0.416 e. The molecular formula is C13H17NO2. The molecule has 0 saturated heterocycles. The van der Waals surface area contributed by atoms with Crippen LogP contribution in [0.4, 0.5) is 0 Å². The van der Waals surface area contributed by atoms with E-state index in [0.29, 0.717) is 5.92 Å². The van der Waals surface area contributed by atoms with Gasteiger partial charge in [-0.3, -0.25) is 4.98 Å². The van der Waals surface area contributed by atoms with E-state index in [1.54, 1.807) is 0 Å². The molecule has 0 atom stereocenters. The van der Waals surface area contributed by atoms with Crippen LogP contribution >= 0.6 is 0 Å². The zero-order chi connectivity index (χ0) is 11.5. The van der Waals surface area contributed by atoms with Crippen LogP contribution in [-0.2, 0) is 6.42 Å². The Morgan fingerprint density at radius 1 is 1.31 bits per heavy atom. The maximum atomic E-state index is 10.9. The average molecular weight is 219 g/mol. The van der Waals surface area contributed by atoms with Crippen molar-refractivity contribution in [2.24, 2.45) is 5.92 Å². The zero-order valence-electron chi connectivity index (χ0n) is 9.49. The highest BCUT2D eigenvalue weighted by atomic mass is 16.4. The molecule has 3 heteroatoms. The van der Waals surface area contributed by atoms with Crippen molar-refractivity contribution < 1.29 is 5.84 Å². The van der Waals surface area contributed by atoms with Gasteiger partial charge >= 0.3 is 5.76 Å². The van der Waals surface area contributed by atoms with Gasteiger partial charge in [-0.05, 0) is 17.9 Å². The zero-order valence-corrected chi connectivity index (χ0v) is 9.49. The number of oxazole rings is 1. The van der Waals surface area contributed by atoms with Crippen molar-refractivity contribution in [3.63, 3.8) is 0 Å². The van der Waals surface area contributed by atoms with Crippen LogP contribution in [0.2, 0.25) is 0 Å². The average Bonchev–Trinajstić information content (AvgIpc) is 2.65. The van der Waals surface area contributed by atoms with E-state index >= 15 is 0 Å². The first-order valence-corrected chi connectivity index (χ1v) is 5.42. The molecule has 16 heavy (non-hydrogen) atoms. The molecule has 0 spiro atoms. The van der Waals surface area contributed by atoms with Gasteiger partial charge in [-0.2, -0.15) is 0 Å². The molecular weight excluding hydrogens is 202 g/mol. The van der Waals surface area contributed by atoms with E-state index in [4.69, 9.17) is 4.42 Å². The van der Waals surface area contributed by atoms with E-state index in [0.717, 1.165) is 17.7 Å². The van der Waals surface area contributed by atoms with E-state index in [9.17, 15) is 4.79 Å². The Kier molecular flexibility index (Phi) is 2.95. The fourth-order valence-electron chi connectivity index (χ4n) is 1.71. The Morgan fingerprint density at radius 2 is 2.00 bits per heavy atom. The third kappa shape index (κ3) is 2.42. The van der Waals surface area contributed by atoms with Gasteiger partial charge in [0.25, 0.3) is 0 Å². The van der Waals surface area contributed by atoms with Gasteiger partial charge in [0.2, 0.25) is 0 Å². The predicted molar refractivity (Wildman–Crippen MR) is 65.4 cm³/mol. The molecule has 1 heterocycles. The Bertz CT molecular complexity index is 511. The molecule has 0 aliphatic carbocycles. The van der Waals surface area contributed by atoms with Crippen molar-refractivity contribution in [3.8, 4) is 11.3 Å². The third-order valence-electron chi connectivity index (χ3n) is 2.43. The van der Waals surface area contributed by atoms with Gasteiger partial charge in [0, 0.05) is 6.99 Å². The molecule has 3 nitrogen and oxygen atoms in total. The van der Waals surface area contributed by atoms with Gasteiger partial charge in [-0.1, -0.05) is 38.1 Å². The Morgan fingerprint density at radius 3 is 2.50 bits per heavy atom. The molecule has 0 fully saturated rings. The summed E-state index contributed by atoms with van der Waals surface area (Å²) in [6.45, 7) is 4.39. The van der Waals surface area contributed by atoms with Gasteiger partial charge in [0.05, 0.1) is 5.69 Å². The summed E-state index contributed by atoms with van der Waals surface area (Å²) in [6.07, 6.45) is 2.52. The quantitative estimate of drug-likeness (QED) is 0.862. The number of hydrogen-bond acceptors (Lipinski definition) is 2. The molecule has 1 aromatic heterocycles. The molecule has 0 aliphatic rings. The summed E-state index contributed by atoms with van der Waals surface area (Å²) in [5.41, 5.74) is 3.00. The highest BCUT2D eigenvalue weighted by Crippen LogP contribution is 2.17. The van der Waals surface area contributed by atoms with Gasteiger partial charge < -0.3 is 4.42 Å². The first kappa shape index (κ1) is 10.7. The summed E-state index contributed by atoms with van der Waals surface area (Å²) < 4.78 is 4.70.